The van der Waals surface area contributed by atoms with Crippen molar-refractivity contribution in [2.45, 2.75) is 19.9 Å². The highest BCUT2D eigenvalue weighted by Gasteiger charge is 2.22. The summed E-state index contributed by atoms with van der Waals surface area (Å²) in [5.41, 5.74) is 2.87. The van der Waals surface area contributed by atoms with Gasteiger partial charge in [-0.3, -0.25) is 9.69 Å². The Hall–Kier alpha value is -2.60. The van der Waals surface area contributed by atoms with Gasteiger partial charge in [-0.1, -0.05) is 6.07 Å². The van der Waals surface area contributed by atoms with Crippen molar-refractivity contribution < 1.29 is 9.21 Å². The van der Waals surface area contributed by atoms with E-state index in [4.69, 9.17) is 4.42 Å². The average Bonchev–Trinajstić information content (AvgIpc) is 3.25. The van der Waals surface area contributed by atoms with Crippen LogP contribution in [0.1, 0.15) is 17.0 Å². The number of nitrogens with zero attached hydrogens (tertiary/aromatic N) is 4. The third kappa shape index (κ3) is 3.44. The molecule has 0 saturated carbocycles. The van der Waals surface area contributed by atoms with E-state index in [1.54, 1.807) is 6.26 Å². The molecule has 0 spiro atoms. The van der Waals surface area contributed by atoms with Crippen molar-refractivity contribution in [2.75, 3.05) is 26.2 Å². The molecule has 3 aromatic heterocycles. The van der Waals surface area contributed by atoms with Crippen LogP contribution in [0.15, 0.2) is 47.3 Å². The van der Waals surface area contributed by atoms with Crippen LogP contribution >= 0.6 is 0 Å². The molecule has 1 fully saturated rings. The standard InChI is InChI=1S/C19H22N4O2/c1-15-4-2-6-23-13-16(20-19(15)23)12-18(24)22-9-7-21(8-10-22)14-17-5-3-11-25-17/h2-6,11,13H,7-10,12,14H2,1H3. The normalized spacial score (nSPS) is 15.8. The van der Waals surface area contributed by atoms with E-state index in [0.29, 0.717) is 6.42 Å². The number of imidazole rings is 1. The molecule has 0 N–H and O–H groups in total. The summed E-state index contributed by atoms with van der Waals surface area (Å²) in [6.45, 7) is 6.10. The Balaban J connectivity index is 1.34. The summed E-state index contributed by atoms with van der Waals surface area (Å²) in [5, 5.41) is 0. The Kier molecular flexibility index (Phi) is 4.28. The molecule has 4 heterocycles. The molecule has 0 unspecified atom stereocenters. The van der Waals surface area contributed by atoms with Crippen molar-refractivity contribution in [1.82, 2.24) is 19.2 Å². The minimum atomic E-state index is 0.152. The number of fused-ring (bicyclic) bond motifs is 1. The second-order valence-electron chi connectivity index (χ2n) is 6.57. The van der Waals surface area contributed by atoms with Gasteiger partial charge in [0.1, 0.15) is 11.4 Å². The van der Waals surface area contributed by atoms with Gasteiger partial charge in [-0.25, -0.2) is 4.98 Å². The van der Waals surface area contributed by atoms with Crippen molar-refractivity contribution in [1.29, 1.82) is 0 Å². The predicted octanol–water partition coefficient (Wildman–Crippen LogP) is 2.12. The van der Waals surface area contributed by atoms with E-state index in [-0.39, 0.29) is 5.91 Å². The Morgan fingerprint density at radius 3 is 2.76 bits per heavy atom. The molecular formula is C19H22N4O2. The van der Waals surface area contributed by atoms with Gasteiger partial charge in [0.25, 0.3) is 0 Å². The number of carbonyl (C=O) groups is 1. The van der Waals surface area contributed by atoms with Crippen LogP contribution in [0, 0.1) is 6.92 Å². The fourth-order valence-corrected chi connectivity index (χ4v) is 3.33. The summed E-state index contributed by atoms with van der Waals surface area (Å²) >= 11 is 0. The van der Waals surface area contributed by atoms with Crippen LogP contribution in [0.4, 0.5) is 0 Å². The van der Waals surface area contributed by atoms with E-state index in [1.165, 1.54) is 0 Å². The van der Waals surface area contributed by atoms with Gasteiger partial charge in [0, 0.05) is 38.6 Å². The first-order valence-corrected chi connectivity index (χ1v) is 8.65. The van der Waals surface area contributed by atoms with Crippen LogP contribution in [0.25, 0.3) is 5.65 Å². The average molecular weight is 338 g/mol. The minimum Gasteiger partial charge on any atom is -0.468 e. The van der Waals surface area contributed by atoms with Gasteiger partial charge in [0.15, 0.2) is 0 Å². The van der Waals surface area contributed by atoms with Crippen LogP contribution in [-0.4, -0.2) is 51.3 Å². The summed E-state index contributed by atoms with van der Waals surface area (Å²) in [5.74, 6) is 1.12. The monoisotopic (exact) mass is 338 g/mol. The Labute approximate surface area is 146 Å². The van der Waals surface area contributed by atoms with E-state index < -0.39 is 0 Å². The molecule has 0 radical (unpaired) electrons. The molecule has 4 rings (SSSR count). The SMILES string of the molecule is Cc1cccn2cc(CC(=O)N3CCN(Cc4ccco4)CC3)nc12. The first kappa shape index (κ1) is 15.9. The second kappa shape index (κ2) is 6.72. The van der Waals surface area contributed by atoms with E-state index in [0.717, 1.165) is 55.4 Å². The largest absolute Gasteiger partial charge is 0.468 e. The molecule has 3 aromatic rings. The minimum absolute atomic E-state index is 0.152. The lowest BCUT2D eigenvalue weighted by molar-refractivity contribution is -0.132. The molecule has 6 nitrogen and oxygen atoms in total. The lowest BCUT2D eigenvalue weighted by Crippen LogP contribution is -2.48. The number of hydrogen-bond acceptors (Lipinski definition) is 4. The number of amides is 1. The molecule has 0 aromatic carbocycles. The smallest absolute Gasteiger partial charge is 0.228 e. The lowest BCUT2D eigenvalue weighted by atomic mass is 10.2. The fourth-order valence-electron chi connectivity index (χ4n) is 3.33. The molecule has 6 heteroatoms. The number of rotatable bonds is 4. The number of piperazine rings is 1. The Morgan fingerprint density at radius 2 is 2.04 bits per heavy atom. The number of hydrogen-bond donors (Lipinski definition) is 0. The number of furan rings is 1. The first-order chi connectivity index (χ1) is 12.2. The predicted molar refractivity (Wildman–Crippen MR) is 94.2 cm³/mol. The molecule has 1 saturated heterocycles. The highest BCUT2D eigenvalue weighted by atomic mass is 16.3. The summed E-state index contributed by atoms with van der Waals surface area (Å²) in [7, 11) is 0. The van der Waals surface area contributed by atoms with Gasteiger partial charge < -0.3 is 13.7 Å². The van der Waals surface area contributed by atoms with Gasteiger partial charge in [-0.15, -0.1) is 0 Å². The molecule has 1 aliphatic heterocycles. The lowest BCUT2D eigenvalue weighted by Gasteiger charge is -2.34. The van der Waals surface area contributed by atoms with Gasteiger partial charge in [-0.05, 0) is 30.7 Å². The van der Waals surface area contributed by atoms with Crippen molar-refractivity contribution in [3.63, 3.8) is 0 Å². The number of aryl methyl sites for hydroxylation is 1. The molecule has 1 amide bonds. The van der Waals surface area contributed by atoms with Crippen LogP contribution in [0.3, 0.4) is 0 Å². The maximum atomic E-state index is 12.6. The third-order valence-corrected chi connectivity index (χ3v) is 4.74. The quantitative estimate of drug-likeness (QED) is 0.731. The van der Waals surface area contributed by atoms with Crippen molar-refractivity contribution in [3.8, 4) is 0 Å². The molecule has 25 heavy (non-hydrogen) atoms. The maximum Gasteiger partial charge on any atom is 0.228 e. The zero-order valence-electron chi connectivity index (χ0n) is 14.4. The molecule has 0 aliphatic carbocycles. The molecule has 1 aliphatic rings. The third-order valence-electron chi connectivity index (χ3n) is 4.74. The van der Waals surface area contributed by atoms with Gasteiger partial charge in [-0.2, -0.15) is 0 Å². The van der Waals surface area contributed by atoms with Crippen molar-refractivity contribution in [3.05, 3.63) is 59.9 Å². The van der Waals surface area contributed by atoms with E-state index in [9.17, 15) is 4.79 Å². The van der Waals surface area contributed by atoms with Crippen LogP contribution < -0.4 is 0 Å². The van der Waals surface area contributed by atoms with Crippen LogP contribution in [0.2, 0.25) is 0 Å². The fraction of sp³-hybridized carbons (Fsp3) is 0.368. The zero-order valence-corrected chi connectivity index (χ0v) is 14.4. The number of aromatic nitrogens is 2. The summed E-state index contributed by atoms with van der Waals surface area (Å²) in [6, 6.07) is 7.93. The first-order valence-electron chi connectivity index (χ1n) is 8.65. The van der Waals surface area contributed by atoms with E-state index >= 15 is 0 Å². The molecule has 0 bridgehead atoms. The molecule has 0 atom stereocenters. The van der Waals surface area contributed by atoms with Crippen molar-refractivity contribution >= 4 is 11.6 Å². The number of pyridine rings is 1. The number of carbonyl (C=O) groups excluding carboxylic acids is 1. The van der Waals surface area contributed by atoms with Crippen LogP contribution in [0.5, 0.6) is 0 Å². The highest BCUT2D eigenvalue weighted by Crippen LogP contribution is 2.13. The van der Waals surface area contributed by atoms with Gasteiger partial charge in [0.05, 0.1) is 24.9 Å². The summed E-state index contributed by atoms with van der Waals surface area (Å²) in [6.07, 6.45) is 5.98. The molecular weight excluding hydrogens is 316 g/mol. The van der Waals surface area contributed by atoms with E-state index in [1.807, 2.05) is 52.9 Å². The van der Waals surface area contributed by atoms with Crippen LogP contribution in [-0.2, 0) is 17.8 Å². The topological polar surface area (TPSA) is 54.0 Å². The summed E-state index contributed by atoms with van der Waals surface area (Å²) in [4.78, 5) is 21.5. The Morgan fingerprint density at radius 1 is 1.20 bits per heavy atom. The Bertz CT molecular complexity index is 861. The van der Waals surface area contributed by atoms with E-state index in [2.05, 4.69) is 9.88 Å². The highest BCUT2D eigenvalue weighted by molar-refractivity contribution is 5.78. The second-order valence-corrected chi connectivity index (χ2v) is 6.57. The summed E-state index contributed by atoms with van der Waals surface area (Å²) < 4.78 is 7.38. The van der Waals surface area contributed by atoms with Gasteiger partial charge in [0.2, 0.25) is 5.91 Å². The maximum absolute atomic E-state index is 12.6. The zero-order chi connectivity index (χ0) is 17.2. The molecule has 130 valence electrons. The van der Waals surface area contributed by atoms with Gasteiger partial charge >= 0.3 is 0 Å². The van der Waals surface area contributed by atoms with Crippen molar-refractivity contribution in [2.24, 2.45) is 0 Å².